The lowest BCUT2D eigenvalue weighted by atomic mass is 10.1. The number of nitrogens with zero attached hydrogens (tertiary/aromatic N) is 1. The Morgan fingerprint density at radius 3 is 2.62 bits per heavy atom. The van der Waals surface area contributed by atoms with Crippen molar-refractivity contribution >= 4 is 27.0 Å². The lowest BCUT2D eigenvalue weighted by molar-refractivity contribution is 0.0726. The van der Waals surface area contributed by atoms with Crippen LogP contribution in [0.15, 0.2) is 34.9 Å². The van der Waals surface area contributed by atoms with Crippen LogP contribution in [-0.4, -0.2) is 32.7 Å². The van der Waals surface area contributed by atoms with E-state index in [0.29, 0.717) is 11.3 Å². The molecular formula is C14H19NO5S. The van der Waals surface area contributed by atoms with Crippen LogP contribution in [0.3, 0.4) is 0 Å². The summed E-state index contributed by atoms with van der Waals surface area (Å²) in [6.07, 6.45) is 1.20. The highest BCUT2D eigenvalue weighted by Crippen LogP contribution is 2.25. The van der Waals surface area contributed by atoms with Crippen LogP contribution >= 0.6 is 0 Å². The van der Waals surface area contributed by atoms with Crippen molar-refractivity contribution in [3.8, 4) is 0 Å². The number of anilines is 1. The summed E-state index contributed by atoms with van der Waals surface area (Å²) in [6.45, 7) is 3.89. The molecule has 116 valence electrons. The third kappa shape index (κ3) is 3.55. The van der Waals surface area contributed by atoms with Gasteiger partial charge in [0.05, 0.1) is 24.6 Å². The highest BCUT2D eigenvalue weighted by molar-refractivity contribution is 7.87. The molecule has 1 atom stereocenters. The molecule has 2 rings (SSSR count). The van der Waals surface area contributed by atoms with E-state index in [2.05, 4.69) is 0 Å². The maximum atomic E-state index is 11.7. The quantitative estimate of drug-likeness (QED) is 0.829. The lowest BCUT2D eigenvalue weighted by Gasteiger charge is -2.27. The van der Waals surface area contributed by atoms with Gasteiger partial charge in [-0.3, -0.25) is 4.55 Å². The normalized spacial score (nSPS) is 13.8. The first-order valence-electron chi connectivity index (χ1n) is 6.58. The maximum absolute atomic E-state index is 11.7. The molecule has 7 heteroatoms. The summed E-state index contributed by atoms with van der Waals surface area (Å²) in [5.41, 5.74) is 1.02. The Bertz CT molecular complexity index is 707. The van der Waals surface area contributed by atoms with Gasteiger partial charge in [0.15, 0.2) is 0 Å². The average Bonchev–Trinajstić information content (AvgIpc) is 2.84. The van der Waals surface area contributed by atoms with Crippen LogP contribution in [0, 0.1) is 5.92 Å². The molecule has 0 fully saturated rings. The van der Waals surface area contributed by atoms with Gasteiger partial charge >= 0.3 is 10.3 Å². The summed E-state index contributed by atoms with van der Waals surface area (Å²) in [6, 6.07) is 6.64. The van der Waals surface area contributed by atoms with E-state index in [-0.39, 0.29) is 18.6 Å². The zero-order valence-corrected chi connectivity index (χ0v) is 13.0. The van der Waals surface area contributed by atoms with Crippen molar-refractivity contribution in [2.45, 2.75) is 20.0 Å². The van der Waals surface area contributed by atoms with Crippen LogP contribution in [0.1, 0.15) is 13.8 Å². The van der Waals surface area contributed by atoms with E-state index in [9.17, 15) is 13.0 Å². The molecule has 1 N–H and O–H groups in total. The van der Waals surface area contributed by atoms with Crippen molar-refractivity contribution < 1.29 is 22.1 Å². The highest BCUT2D eigenvalue weighted by atomic mass is 32.2. The molecule has 0 bridgehead atoms. The van der Waals surface area contributed by atoms with E-state index < -0.39 is 10.3 Å². The summed E-state index contributed by atoms with van der Waals surface area (Å²) < 4.78 is 44.3. The largest absolute Gasteiger partial charge is 0.464 e. The van der Waals surface area contributed by atoms with E-state index in [1.807, 2.05) is 13.8 Å². The van der Waals surface area contributed by atoms with Gasteiger partial charge in [0.1, 0.15) is 5.58 Å². The summed E-state index contributed by atoms with van der Waals surface area (Å²) in [5, 5.41) is 0.764. The van der Waals surface area contributed by atoms with Gasteiger partial charge in [-0.25, -0.2) is 4.31 Å². The minimum Gasteiger partial charge on any atom is -0.464 e. The van der Waals surface area contributed by atoms with Crippen LogP contribution in [-0.2, 0) is 15.0 Å². The summed E-state index contributed by atoms with van der Waals surface area (Å²) >= 11 is 0. The highest BCUT2D eigenvalue weighted by Gasteiger charge is 2.25. The van der Waals surface area contributed by atoms with Gasteiger partial charge in [-0.15, -0.1) is 0 Å². The molecular weight excluding hydrogens is 294 g/mol. The minimum atomic E-state index is -4.39. The van der Waals surface area contributed by atoms with Crippen LogP contribution in [0.2, 0.25) is 0 Å². The second kappa shape index (κ2) is 6.05. The van der Waals surface area contributed by atoms with Crippen LogP contribution in [0.4, 0.5) is 5.69 Å². The molecule has 1 aromatic carbocycles. The van der Waals surface area contributed by atoms with Crippen molar-refractivity contribution in [2.75, 3.05) is 18.0 Å². The molecule has 0 aliphatic carbocycles. The number of furan rings is 1. The summed E-state index contributed by atoms with van der Waals surface area (Å²) in [5.74, 6) is 0.108. The first-order valence-corrected chi connectivity index (χ1v) is 7.98. The van der Waals surface area contributed by atoms with Crippen molar-refractivity contribution in [1.29, 1.82) is 0 Å². The smallest absolute Gasteiger partial charge is 0.360 e. The second-order valence-electron chi connectivity index (χ2n) is 5.17. The van der Waals surface area contributed by atoms with Crippen molar-refractivity contribution in [3.05, 3.63) is 30.5 Å². The van der Waals surface area contributed by atoms with Crippen LogP contribution < -0.4 is 4.31 Å². The SMILES string of the molecule is COC(CN(c1ccc2occc2c1)S(=O)(=O)O)C(C)C. The third-order valence-electron chi connectivity index (χ3n) is 3.39. The minimum absolute atomic E-state index is 0.0381. The predicted molar refractivity (Wildman–Crippen MR) is 80.7 cm³/mol. The molecule has 0 aliphatic heterocycles. The molecule has 21 heavy (non-hydrogen) atoms. The van der Waals surface area contributed by atoms with Gasteiger partial charge in [-0.05, 0) is 30.2 Å². The number of benzene rings is 1. The number of rotatable bonds is 6. The Hall–Kier alpha value is -1.57. The molecule has 0 saturated heterocycles. The molecule has 6 nitrogen and oxygen atoms in total. The number of methoxy groups -OCH3 is 1. The monoisotopic (exact) mass is 313 g/mol. The van der Waals surface area contributed by atoms with E-state index in [1.165, 1.54) is 13.4 Å². The molecule has 0 spiro atoms. The molecule has 2 aromatic rings. The van der Waals surface area contributed by atoms with E-state index in [0.717, 1.165) is 9.69 Å². The summed E-state index contributed by atoms with van der Waals surface area (Å²) in [7, 11) is -2.87. The first kappa shape index (κ1) is 15.8. The van der Waals surface area contributed by atoms with Crippen molar-refractivity contribution in [2.24, 2.45) is 5.92 Å². The van der Waals surface area contributed by atoms with Gasteiger partial charge < -0.3 is 9.15 Å². The van der Waals surface area contributed by atoms with E-state index in [4.69, 9.17) is 9.15 Å². The zero-order valence-electron chi connectivity index (χ0n) is 12.2. The fraction of sp³-hybridized carbons (Fsp3) is 0.429. The Morgan fingerprint density at radius 1 is 1.33 bits per heavy atom. The van der Waals surface area contributed by atoms with Gasteiger partial charge in [0, 0.05) is 12.5 Å². The van der Waals surface area contributed by atoms with Crippen molar-refractivity contribution in [3.63, 3.8) is 0 Å². The molecule has 1 aromatic heterocycles. The van der Waals surface area contributed by atoms with Gasteiger partial charge in [0.2, 0.25) is 0 Å². The fourth-order valence-corrected chi connectivity index (χ4v) is 2.88. The van der Waals surface area contributed by atoms with Gasteiger partial charge in [-0.2, -0.15) is 8.42 Å². The zero-order chi connectivity index (χ0) is 15.6. The average molecular weight is 313 g/mol. The molecule has 0 saturated carbocycles. The van der Waals surface area contributed by atoms with Crippen LogP contribution in [0.5, 0.6) is 0 Å². The Labute approximate surface area is 124 Å². The molecule has 1 unspecified atom stereocenters. The molecule has 0 amide bonds. The molecule has 1 heterocycles. The molecule has 0 radical (unpaired) electrons. The maximum Gasteiger partial charge on any atom is 0.360 e. The second-order valence-corrected chi connectivity index (χ2v) is 6.51. The predicted octanol–water partition coefficient (Wildman–Crippen LogP) is 2.71. The Kier molecular flexibility index (Phi) is 4.55. The van der Waals surface area contributed by atoms with Gasteiger partial charge in [-0.1, -0.05) is 13.8 Å². The number of ether oxygens (including phenoxy) is 1. The van der Waals surface area contributed by atoms with E-state index in [1.54, 1.807) is 24.3 Å². The van der Waals surface area contributed by atoms with E-state index >= 15 is 0 Å². The Morgan fingerprint density at radius 2 is 2.05 bits per heavy atom. The van der Waals surface area contributed by atoms with Crippen LogP contribution in [0.25, 0.3) is 11.0 Å². The molecule has 0 aliphatic rings. The number of fused-ring (bicyclic) bond motifs is 1. The first-order chi connectivity index (χ1) is 9.82. The number of hydrogen-bond donors (Lipinski definition) is 1. The van der Waals surface area contributed by atoms with Crippen molar-refractivity contribution in [1.82, 2.24) is 0 Å². The lowest BCUT2D eigenvalue weighted by Crippen LogP contribution is -2.40. The fourth-order valence-electron chi connectivity index (χ4n) is 2.16. The standard InChI is InChI=1S/C14H19NO5S/c1-10(2)14(19-3)9-15(21(16,17)18)12-4-5-13-11(8-12)6-7-20-13/h4-8,10,14H,9H2,1-3H3,(H,16,17,18). The summed E-state index contributed by atoms with van der Waals surface area (Å²) in [4.78, 5) is 0. The number of hydrogen-bond acceptors (Lipinski definition) is 4. The topological polar surface area (TPSA) is 80.0 Å². The Balaban J connectivity index is 2.40. The van der Waals surface area contributed by atoms with Gasteiger partial charge in [0.25, 0.3) is 0 Å². The third-order valence-corrected chi connectivity index (χ3v) is 4.31.